The Morgan fingerprint density at radius 1 is 1.25 bits per heavy atom. The number of ether oxygens (including phenoxy) is 1. The van der Waals surface area contributed by atoms with E-state index in [4.69, 9.17) is 4.74 Å². The van der Waals surface area contributed by atoms with Crippen molar-refractivity contribution in [2.75, 3.05) is 19.8 Å². The molecule has 1 aliphatic rings. The van der Waals surface area contributed by atoms with E-state index in [1.165, 1.54) is 0 Å². The third kappa shape index (κ3) is 4.22. The van der Waals surface area contributed by atoms with Crippen LogP contribution in [0.2, 0.25) is 0 Å². The Kier molecular flexibility index (Phi) is 6.13. The van der Waals surface area contributed by atoms with Crippen LogP contribution in [0.1, 0.15) is 55.5 Å². The van der Waals surface area contributed by atoms with Gasteiger partial charge in [0.05, 0.1) is 18.1 Å². The number of carbonyl (C=O) groups excluding carboxylic acids is 2. The average molecular weight is 333 g/mol. The zero-order valence-corrected chi connectivity index (χ0v) is 14.7. The predicted octanol–water partition coefficient (Wildman–Crippen LogP) is 2.29. The smallest absolute Gasteiger partial charge is 0.227 e. The number of amides is 1. The normalized spacial score (nSPS) is 21.7. The molecule has 1 aromatic carbocycles. The average Bonchev–Trinajstić information content (AvgIpc) is 3.02. The van der Waals surface area contributed by atoms with E-state index in [0.29, 0.717) is 31.6 Å². The highest BCUT2D eigenvalue weighted by Crippen LogP contribution is 2.25. The summed E-state index contributed by atoms with van der Waals surface area (Å²) in [5.74, 6) is -0.359. The van der Waals surface area contributed by atoms with Gasteiger partial charge in [0.1, 0.15) is 0 Å². The van der Waals surface area contributed by atoms with E-state index in [0.717, 1.165) is 5.56 Å². The molecule has 0 spiro atoms. The molecule has 1 heterocycles. The van der Waals surface area contributed by atoms with Gasteiger partial charge in [-0.1, -0.05) is 38.1 Å². The number of benzene rings is 1. The van der Waals surface area contributed by atoms with Gasteiger partial charge in [0.15, 0.2) is 5.78 Å². The number of carbonyl (C=O) groups is 2. The largest absolute Gasteiger partial charge is 0.396 e. The minimum atomic E-state index is -0.465. The molecule has 1 aliphatic heterocycles. The van der Waals surface area contributed by atoms with Gasteiger partial charge in [0.25, 0.3) is 0 Å². The van der Waals surface area contributed by atoms with Crippen molar-refractivity contribution in [2.24, 2.45) is 5.92 Å². The van der Waals surface area contributed by atoms with Crippen molar-refractivity contribution >= 4 is 11.7 Å². The Morgan fingerprint density at radius 2 is 1.92 bits per heavy atom. The van der Waals surface area contributed by atoms with Gasteiger partial charge in [-0.15, -0.1) is 0 Å². The Labute approximate surface area is 143 Å². The van der Waals surface area contributed by atoms with Gasteiger partial charge in [-0.05, 0) is 25.3 Å². The van der Waals surface area contributed by atoms with E-state index in [-0.39, 0.29) is 30.1 Å². The zero-order valence-electron chi connectivity index (χ0n) is 14.7. The Morgan fingerprint density at radius 3 is 2.42 bits per heavy atom. The number of Topliss-reactive ketones (excluding diaryl/α,β-unsaturated/α-hetero) is 1. The van der Waals surface area contributed by atoms with Crippen LogP contribution in [0.25, 0.3) is 0 Å². The van der Waals surface area contributed by atoms with Gasteiger partial charge in [-0.2, -0.15) is 0 Å². The van der Waals surface area contributed by atoms with Crippen LogP contribution in [0.4, 0.5) is 0 Å². The third-order valence-corrected chi connectivity index (χ3v) is 4.69. The molecule has 5 heteroatoms. The number of hydrogen-bond donors (Lipinski definition) is 2. The third-order valence-electron chi connectivity index (χ3n) is 4.69. The fourth-order valence-electron chi connectivity index (χ4n) is 2.97. The van der Waals surface area contributed by atoms with Gasteiger partial charge in [-0.25, -0.2) is 0 Å². The van der Waals surface area contributed by atoms with Crippen molar-refractivity contribution in [1.82, 2.24) is 5.32 Å². The van der Waals surface area contributed by atoms with Crippen LogP contribution in [-0.2, 0) is 9.53 Å². The lowest BCUT2D eigenvalue weighted by Gasteiger charge is -2.29. The summed E-state index contributed by atoms with van der Waals surface area (Å²) >= 11 is 0. The van der Waals surface area contributed by atoms with Crippen LogP contribution in [0.3, 0.4) is 0 Å². The van der Waals surface area contributed by atoms with E-state index < -0.39 is 5.54 Å². The number of aliphatic hydroxyl groups is 1. The van der Waals surface area contributed by atoms with Gasteiger partial charge in [-0.3, -0.25) is 9.59 Å². The predicted molar refractivity (Wildman–Crippen MR) is 92.0 cm³/mol. The molecule has 1 fully saturated rings. The van der Waals surface area contributed by atoms with E-state index in [1.54, 1.807) is 12.1 Å². The van der Waals surface area contributed by atoms with Crippen LogP contribution in [-0.4, -0.2) is 42.2 Å². The Bertz CT molecular complexity index is 574. The summed E-state index contributed by atoms with van der Waals surface area (Å²) in [5.41, 5.74) is 1.07. The summed E-state index contributed by atoms with van der Waals surface area (Å²) in [6.07, 6.45) is 1.21. The SMILES string of the molecule is CC(C)C(=O)c1ccc([C@@H](C)C(=O)N[C@@]2(CCO)CCOC2)cc1. The molecule has 0 bridgehead atoms. The summed E-state index contributed by atoms with van der Waals surface area (Å²) in [6.45, 7) is 6.64. The van der Waals surface area contributed by atoms with Crippen molar-refractivity contribution in [1.29, 1.82) is 0 Å². The van der Waals surface area contributed by atoms with Crippen molar-refractivity contribution < 1.29 is 19.4 Å². The fourth-order valence-corrected chi connectivity index (χ4v) is 2.97. The molecule has 1 amide bonds. The van der Waals surface area contributed by atoms with E-state index in [2.05, 4.69) is 5.32 Å². The first-order chi connectivity index (χ1) is 11.4. The van der Waals surface area contributed by atoms with E-state index in [9.17, 15) is 14.7 Å². The van der Waals surface area contributed by atoms with Crippen molar-refractivity contribution in [2.45, 2.75) is 45.1 Å². The first-order valence-corrected chi connectivity index (χ1v) is 8.53. The molecule has 0 saturated carbocycles. The maximum atomic E-state index is 12.6. The highest BCUT2D eigenvalue weighted by atomic mass is 16.5. The lowest BCUT2D eigenvalue weighted by atomic mass is 9.91. The lowest BCUT2D eigenvalue weighted by Crippen LogP contribution is -2.50. The van der Waals surface area contributed by atoms with Crippen LogP contribution in [0.5, 0.6) is 0 Å². The topological polar surface area (TPSA) is 75.6 Å². The van der Waals surface area contributed by atoms with Gasteiger partial charge < -0.3 is 15.2 Å². The summed E-state index contributed by atoms with van der Waals surface area (Å²) in [6, 6.07) is 7.24. The number of hydrogen-bond acceptors (Lipinski definition) is 4. The second kappa shape index (κ2) is 7.90. The van der Waals surface area contributed by atoms with Crippen molar-refractivity contribution in [3.05, 3.63) is 35.4 Å². The zero-order chi connectivity index (χ0) is 17.7. The Balaban J connectivity index is 2.06. The molecule has 0 unspecified atom stereocenters. The first-order valence-electron chi connectivity index (χ1n) is 8.53. The number of aliphatic hydroxyl groups excluding tert-OH is 1. The van der Waals surface area contributed by atoms with Gasteiger partial charge in [0, 0.05) is 24.7 Å². The number of ketones is 1. The summed E-state index contributed by atoms with van der Waals surface area (Å²) in [7, 11) is 0. The van der Waals surface area contributed by atoms with E-state index in [1.807, 2.05) is 32.9 Å². The van der Waals surface area contributed by atoms with E-state index >= 15 is 0 Å². The maximum absolute atomic E-state index is 12.6. The minimum Gasteiger partial charge on any atom is -0.396 e. The van der Waals surface area contributed by atoms with Gasteiger partial charge >= 0.3 is 0 Å². The first kappa shape index (κ1) is 18.6. The maximum Gasteiger partial charge on any atom is 0.227 e. The molecule has 2 rings (SSSR count). The Hall–Kier alpha value is -1.72. The van der Waals surface area contributed by atoms with Crippen LogP contribution in [0.15, 0.2) is 24.3 Å². The molecule has 132 valence electrons. The molecule has 0 aromatic heterocycles. The van der Waals surface area contributed by atoms with Crippen molar-refractivity contribution in [3.8, 4) is 0 Å². The van der Waals surface area contributed by atoms with Crippen LogP contribution >= 0.6 is 0 Å². The number of nitrogens with one attached hydrogen (secondary N) is 1. The molecular formula is C19H27NO4. The molecule has 1 aromatic rings. The molecule has 0 radical (unpaired) electrons. The minimum absolute atomic E-state index is 0.0179. The number of rotatable bonds is 7. The molecule has 24 heavy (non-hydrogen) atoms. The monoisotopic (exact) mass is 333 g/mol. The highest BCUT2D eigenvalue weighted by Gasteiger charge is 2.36. The molecule has 1 saturated heterocycles. The van der Waals surface area contributed by atoms with Crippen LogP contribution in [0, 0.1) is 5.92 Å². The van der Waals surface area contributed by atoms with Crippen molar-refractivity contribution in [3.63, 3.8) is 0 Å². The standard InChI is InChI=1S/C19H27NO4/c1-13(2)17(22)16-6-4-15(5-7-16)14(3)18(23)20-19(8-10-21)9-11-24-12-19/h4-7,13-14,21H,8-12H2,1-3H3,(H,20,23)/t14-,19+/m1/s1. The summed E-state index contributed by atoms with van der Waals surface area (Å²) in [4.78, 5) is 24.6. The van der Waals surface area contributed by atoms with Gasteiger partial charge in [0.2, 0.25) is 5.91 Å². The lowest BCUT2D eigenvalue weighted by molar-refractivity contribution is -0.124. The highest BCUT2D eigenvalue weighted by molar-refractivity contribution is 5.97. The molecule has 0 aliphatic carbocycles. The fraction of sp³-hybridized carbons (Fsp3) is 0.579. The molecule has 2 atom stereocenters. The molecule has 5 nitrogen and oxygen atoms in total. The molecule has 2 N–H and O–H groups in total. The summed E-state index contributed by atoms with van der Waals surface area (Å²) < 4.78 is 5.40. The second-order valence-electron chi connectivity index (χ2n) is 6.91. The second-order valence-corrected chi connectivity index (χ2v) is 6.91. The molecular weight excluding hydrogens is 306 g/mol. The quantitative estimate of drug-likeness (QED) is 0.751. The summed E-state index contributed by atoms with van der Waals surface area (Å²) in [5, 5.41) is 12.3. The van der Waals surface area contributed by atoms with Crippen LogP contribution < -0.4 is 5.32 Å².